The molecule has 0 aliphatic rings. The van der Waals surface area contributed by atoms with Crippen molar-refractivity contribution in [2.24, 2.45) is 0 Å². The van der Waals surface area contributed by atoms with E-state index in [0.717, 1.165) is 23.3 Å². The Bertz CT molecular complexity index is 1590. The molecule has 176 valence electrons. The highest BCUT2D eigenvalue weighted by molar-refractivity contribution is 6.30. The molecule has 2 aromatic heterocycles. The van der Waals surface area contributed by atoms with Crippen LogP contribution in [0.1, 0.15) is 16.8 Å². The summed E-state index contributed by atoms with van der Waals surface area (Å²) in [4.78, 5) is 16.4. The number of rotatable bonds is 4. The summed E-state index contributed by atoms with van der Waals surface area (Å²) in [6.07, 6.45) is -2.81. The van der Waals surface area contributed by atoms with Gasteiger partial charge in [0, 0.05) is 28.8 Å². The van der Waals surface area contributed by atoms with Crippen LogP contribution in [0.5, 0.6) is 5.75 Å². The summed E-state index contributed by atoms with van der Waals surface area (Å²) in [5, 5.41) is 15.4. The molecule has 0 unspecified atom stereocenters. The number of H-pyrrole nitrogens is 1. The molecule has 5 nitrogen and oxygen atoms in total. The number of halogens is 4. The standard InChI is InChI=1S/C26H17ClF3N3O2/c27-18-9-6-16(7-10-18)23-21(12-15-4-2-1-3-5-15)32-33-24(23)31-14-20(25(33)35)19-11-8-17(13-22(19)34)26(28,29)30/h1-11,13-14,31,34H,12H2. The van der Waals surface area contributed by atoms with Crippen LogP contribution in [-0.2, 0) is 12.6 Å². The van der Waals surface area contributed by atoms with Crippen LogP contribution < -0.4 is 5.56 Å². The molecular formula is C26H17ClF3N3O2. The number of aromatic hydroxyl groups is 1. The summed E-state index contributed by atoms with van der Waals surface area (Å²) in [5.74, 6) is -0.653. The third kappa shape index (κ3) is 4.28. The van der Waals surface area contributed by atoms with Crippen LogP contribution in [0.3, 0.4) is 0 Å². The zero-order valence-electron chi connectivity index (χ0n) is 18.0. The van der Waals surface area contributed by atoms with Gasteiger partial charge in [-0.05, 0) is 41.5 Å². The maximum absolute atomic E-state index is 13.4. The molecule has 2 N–H and O–H groups in total. The molecule has 0 aliphatic carbocycles. The Morgan fingerprint density at radius 2 is 1.69 bits per heavy atom. The number of nitrogens with zero attached hydrogens (tertiary/aromatic N) is 2. The lowest BCUT2D eigenvalue weighted by molar-refractivity contribution is -0.137. The number of aromatic nitrogens is 3. The quantitative estimate of drug-likeness (QED) is 0.306. The third-order valence-corrected chi connectivity index (χ3v) is 5.95. The molecule has 0 amide bonds. The highest BCUT2D eigenvalue weighted by atomic mass is 35.5. The Morgan fingerprint density at radius 3 is 2.34 bits per heavy atom. The lowest BCUT2D eigenvalue weighted by Gasteiger charge is -2.10. The summed E-state index contributed by atoms with van der Waals surface area (Å²) < 4.78 is 40.2. The fraction of sp³-hybridized carbons (Fsp3) is 0.0769. The SMILES string of the molecule is O=c1c(-c2ccc(C(F)(F)F)cc2O)c[nH]c2c(-c3ccc(Cl)cc3)c(Cc3ccccc3)nn12. The topological polar surface area (TPSA) is 70.4 Å². The first-order valence-electron chi connectivity index (χ1n) is 10.6. The minimum Gasteiger partial charge on any atom is -0.507 e. The summed E-state index contributed by atoms with van der Waals surface area (Å²) in [7, 11) is 0. The van der Waals surface area contributed by atoms with E-state index in [1.807, 2.05) is 42.5 Å². The van der Waals surface area contributed by atoms with Crippen LogP contribution in [0.15, 0.2) is 83.8 Å². The second kappa shape index (κ2) is 8.63. The van der Waals surface area contributed by atoms with Crippen LogP contribution in [0.2, 0.25) is 5.02 Å². The van der Waals surface area contributed by atoms with Crippen molar-refractivity contribution in [2.45, 2.75) is 12.6 Å². The van der Waals surface area contributed by atoms with Gasteiger partial charge in [-0.2, -0.15) is 22.8 Å². The van der Waals surface area contributed by atoms with Crippen molar-refractivity contribution in [1.29, 1.82) is 0 Å². The van der Waals surface area contributed by atoms with E-state index in [9.17, 15) is 23.1 Å². The molecule has 0 bridgehead atoms. The van der Waals surface area contributed by atoms with Crippen molar-refractivity contribution in [3.8, 4) is 28.0 Å². The van der Waals surface area contributed by atoms with Gasteiger partial charge in [0.25, 0.3) is 5.56 Å². The largest absolute Gasteiger partial charge is 0.507 e. The number of benzene rings is 3. The third-order valence-electron chi connectivity index (χ3n) is 5.70. The van der Waals surface area contributed by atoms with Gasteiger partial charge in [-0.3, -0.25) is 4.79 Å². The fourth-order valence-corrected chi connectivity index (χ4v) is 4.15. The minimum absolute atomic E-state index is 0.0138. The minimum atomic E-state index is -4.62. The molecule has 3 aromatic carbocycles. The normalized spacial score (nSPS) is 11.8. The van der Waals surface area contributed by atoms with Gasteiger partial charge in [0.1, 0.15) is 11.4 Å². The number of nitrogens with one attached hydrogen (secondary N) is 1. The molecule has 0 atom stereocenters. The van der Waals surface area contributed by atoms with Crippen molar-refractivity contribution in [3.05, 3.63) is 111 Å². The van der Waals surface area contributed by atoms with E-state index in [0.29, 0.717) is 34.4 Å². The van der Waals surface area contributed by atoms with Crippen molar-refractivity contribution < 1.29 is 18.3 Å². The van der Waals surface area contributed by atoms with Crippen molar-refractivity contribution in [2.75, 3.05) is 0 Å². The molecule has 0 saturated heterocycles. The number of alkyl halides is 3. The smallest absolute Gasteiger partial charge is 0.416 e. The Balaban J connectivity index is 1.70. The monoisotopic (exact) mass is 495 g/mol. The number of hydrogen-bond acceptors (Lipinski definition) is 3. The molecule has 2 heterocycles. The number of fused-ring (bicyclic) bond motifs is 1. The van der Waals surface area contributed by atoms with Crippen molar-refractivity contribution >= 4 is 17.2 Å². The highest BCUT2D eigenvalue weighted by Gasteiger charge is 2.31. The van der Waals surface area contributed by atoms with Gasteiger partial charge >= 0.3 is 6.18 Å². The molecule has 35 heavy (non-hydrogen) atoms. The summed E-state index contributed by atoms with van der Waals surface area (Å²) >= 11 is 6.06. The van der Waals surface area contributed by atoms with E-state index in [2.05, 4.69) is 10.1 Å². The van der Waals surface area contributed by atoms with Crippen LogP contribution >= 0.6 is 11.6 Å². The predicted molar refractivity (Wildman–Crippen MR) is 128 cm³/mol. The second-order valence-corrected chi connectivity index (χ2v) is 8.42. The summed E-state index contributed by atoms with van der Waals surface area (Å²) in [6, 6.07) is 19.2. The molecule has 0 spiro atoms. The number of hydrogen-bond donors (Lipinski definition) is 2. The first-order chi connectivity index (χ1) is 16.7. The Hall–Kier alpha value is -4.04. The van der Waals surface area contributed by atoms with Gasteiger partial charge in [-0.15, -0.1) is 0 Å². The molecule has 0 fully saturated rings. The van der Waals surface area contributed by atoms with Crippen molar-refractivity contribution in [1.82, 2.24) is 14.6 Å². The van der Waals surface area contributed by atoms with E-state index in [1.54, 1.807) is 12.1 Å². The first-order valence-corrected chi connectivity index (χ1v) is 10.9. The summed E-state index contributed by atoms with van der Waals surface area (Å²) in [5.41, 5.74) is 1.88. The highest BCUT2D eigenvalue weighted by Crippen LogP contribution is 2.36. The zero-order chi connectivity index (χ0) is 24.7. The van der Waals surface area contributed by atoms with E-state index in [4.69, 9.17) is 11.6 Å². The molecular weight excluding hydrogens is 479 g/mol. The molecule has 5 aromatic rings. The van der Waals surface area contributed by atoms with Gasteiger partial charge in [-0.1, -0.05) is 54.1 Å². The lowest BCUT2D eigenvalue weighted by atomic mass is 10.0. The lowest BCUT2D eigenvalue weighted by Crippen LogP contribution is -2.17. The average molecular weight is 496 g/mol. The van der Waals surface area contributed by atoms with Crippen molar-refractivity contribution in [3.63, 3.8) is 0 Å². The molecule has 5 rings (SSSR count). The molecule has 0 aliphatic heterocycles. The van der Waals surface area contributed by atoms with Gasteiger partial charge < -0.3 is 10.1 Å². The maximum atomic E-state index is 13.4. The Kier molecular flexibility index (Phi) is 5.61. The van der Waals surface area contributed by atoms with Gasteiger partial charge in [-0.25, -0.2) is 0 Å². The van der Waals surface area contributed by atoms with Gasteiger partial charge in [0.15, 0.2) is 0 Å². The predicted octanol–water partition coefficient (Wildman–Crippen LogP) is 6.33. The molecule has 0 radical (unpaired) electrons. The number of phenolic OH excluding ortho intramolecular Hbond substituents is 1. The number of aromatic amines is 1. The average Bonchev–Trinajstić information content (AvgIpc) is 3.19. The number of phenols is 1. The van der Waals surface area contributed by atoms with E-state index >= 15 is 0 Å². The maximum Gasteiger partial charge on any atom is 0.416 e. The van der Waals surface area contributed by atoms with E-state index in [1.165, 1.54) is 10.7 Å². The Morgan fingerprint density at radius 1 is 0.971 bits per heavy atom. The first kappa shape index (κ1) is 22.7. The van der Waals surface area contributed by atoms with Gasteiger partial charge in [0.2, 0.25) is 0 Å². The Labute approximate surface area is 202 Å². The second-order valence-electron chi connectivity index (χ2n) is 7.99. The fourth-order valence-electron chi connectivity index (χ4n) is 4.02. The molecule has 0 saturated carbocycles. The summed E-state index contributed by atoms with van der Waals surface area (Å²) in [6.45, 7) is 0. The zero-order valence-corrected chi connectivity index (χ0v) is 18.7. The molecule has 9 heteroatoms. The van der Waals surface area contributed by atoms with Crippen LogP contribution in [0.25, 0.3) is 27.9 Å². The van der Waals surface area contributed by atoms with Crippen LogP contribution in [0, 0.1) is 0 Å². The van der Waals surface area contributed by atoms with Crippen LogP contribution in [0.4, 0.5) is 13.2 Å². The van der Waals surface area contributed by atoms with Crippen LogP contribution in [-0.4, -0.2) is 19.7 Å². The van der Waals surface area contributed by atoms with Gasteiger partial charge in [0.05, 0.1) is 16.8 Å². The van der Waals surface area contributed by atoms with E-state index in [-0.39, 0.29) is 11.1 Å². The van der Waals surface area contributed by atoms with E-state index < -0.39 is 23.0 Å².